The maximum atomic E-state index is 8.88. The molecule has 0 atom stereocenters. The SMILES string of the molecule is C[N+](C)(C)CCO.O=P(O)(O)O.[Ca+2].[H-].[H-]. The Morgan fingerprint density at radius 3 is 1.46 bits per heavy atom. The van der Waals surface area contributed by atoms with Gasteiger partial charge in [-0.15, -0.1) is 0 Å². The van der Waals surface area contributed by atoms with Gasteiger partial charge in [0.05, 0.1) is 27.7 Å². The van der Waals surface area contributed by atoms with Gasteiger partial charge in [0.2, 0.25) is 0 Å². The third-order valence-electron chi connectivity index (χ3n) is 0.771. The molecule has 0 aliphatic rings. The molecule has 0 rings (SSSR count). The molecule has 0 fully saturated rings. The van der Waals surface area contributed by atoms with E-state index in [0.717, 1.165) is 11.0 Å². The molecule has 0 aromatic carbocycles. The van der Waals surface area contributed by atoms with E-state index >= 15 is 0 Å². The summed E-state index contributed by atoms with van der Waals surface area (Å²) in [4.78, 5) is 21.6. The molecule has 4 N–H and O–H groups in total. The van der Waals surface area contributed by atoms with Gasteiger partial charge in [-0.2, -0.15) is 0 Å². The van der Waals surface area contributed by atoms with E-state index in [1.807, 2.05) is 0 Å². The van der Waals surface area contributed by atoms with Gasteiger partial charge in [-0.1, -0.05) is 0 Å². The smallest absolute Gasteiger partial charge is 1.00 e. The minimum absolute atomic E-state index is 0. The second-order valence-corrected chi connectivity index (χ2v) is 4.28. The second kappa shape index (κ2) is 8.59. The summed E-state index contributed by atoms with van der Waals surface area (Å²) in [6, 6.07) is 0. The first-order valence-electron chi connectivity index (χ1n) is 3.26. The van der Waals surface area contributed by atoms with Gasteiger partial charge >= 0.3 is 45.6 Å². The average molecular weight is 244 g/mol. The summed E-state index contributed by atoms with van der Waals surface area (Å²) in [6.07, 6.45) is 0. The van der Waals surface area contributed by atoms with Gasteiger partial charge in [-0.25, -0.2) is 4.57 Å². The maximum absolute atomic E-state index is 8.88. The molecule has 0 amide bonds. The number of hydrogen-bond donors (Lipinski definition) is 4. The fourth-order valence-electron chi connectivity index (χ4n) is 0.300. The fourth-order valence-corrected chi connectivity index (χ4v) is 0.300. The number of likely N-dealkylation sites (N-methyl/N-ethyl adjacent to an activating group) is 1. The zero-order valence-electron chi connectivity index (χ0n) is 10.2. The second-order valence-electron chi connectivity index (χ2n) is 3.25. The molecule has 13 heavy (non-hydrogen) atoms. The van der Waals surface area contributed by atoms with E-state index in [1.54, 1.807) is 0 Å². The van der Waals surface area contributed by atoms with Gasteiger partial charge in [0, 0.05) is 0 Å². The summed E-state index contributed by atoms with van der Waals surface area (Å²) in [6.45, 7) is 1.11. The van der Waals surface area contributed by atoms with E-state index in [9.17, 15) is 0 Å². The Labute approximate surface area is 111 Å². The van der Waals surface area contributed by atoms with Crippen molar-refractivity contribution in [3.8, 4) is 0 Å². The monoisotopic (exact) mass is 244 g/mol. The number of hydrogen-bond acceptors (Lipinski definition) is 2. The predicted molar refractivity (Wildman–Crippen MR) is 52.2 cm³/mol. The van der Waals surface area contributed by atoms with E-state index in [1.165, 1.54) is 0 Å². The van der Waals surface area contributed by atoms with Crippen LogP contribution < -0.4 is 0 Å². The van der Waals surface area contributed by atoms with Crippen LogP contribution in [-0.4, -0.2) is 96.3 Å². The molecule has 8 heteroatoms. The molecule has 0 radical (unpaired) electrons. The Hall–Kier alpha value is 1.29. The molecule has 0 aliphatic carbocycles. The van der Waals surface area contributed by atoms with Crippen LogP contribution >= 0.6 is 7.82 Å². The molecular weight excluding hydrogens is 225 g/mol. The number of aliphatic hydroxyl groups is 1. The van der Waals surface area contributed by atoms with Crippen LogP contribution in [-0.2, 0) is 4.57 Å². The summed E-state index contributed by atoms with van der Waals surface area (Å²) in [5, 5.41) is 8.39. The van der Waals surface area contributed by atoms with Crippen molar-refractivity contribution in [3.63, 3.8) is 0 Å². The van der Waals surface area contributed by atoms with Crippen molar-refractivity contribution < 1.29 is 31.7 Å². The molecule has 0 saturated carbocycles. The predicted octanol–water partition coefficient (Wildman–Crippen LogP) is -1.40. The Kier molecular flexibility index (Phi) is 13.1. The van der Waals surface area contributed by atoms with E-state index in [2.05, 4.69) is 21.1 Å². The van der Waals surface area contributed by atoms with E-state index in [4.69, 9.17) is 24.4 Å². The zero-order chi connectivity index (χ0) is 10.4. The molecule has 6 nitrogen and oxygen atoms in total. The minimum atomic E-state index is -4.64. The van der Waals surface area contributed by atoms with Crippen molar-refractivity contribution in [1.29, 1.82) is 0 Å². The molecule has 0 heterocycles. The Bertz CT molecular complexity index is 154. The molecule has 0 bridgehead atoms. The van der Waals surface area contributed by atoms with Crippen LogP contribution in [0.5, 0.6) is 0 Å². The van der Waals surface area contributed by atoms with Crippen molar-refractivity contribution >= 4 is 45.6 Å². The van der Waals surface area contributed by atoms with Crippen LogP contribution in [0.1, 0.15) is 2.85 Å². The molecule has 80 valence electrons. The number of aliphatic hydroxyl groups excluding tert-OH is 1. The van der Waals surface area contributed by atoms with Crippen molar-refractivity contribution in [3.05, 3.63) is 0 Å². The van der Waals surface area contributed by atoms with E-state index in [-0.39, 0.29) is 47.2 Å². The fraction of sp³-hybridized carbons (Fsp3) is 1.00. The standard InChI is InChI=1S/C5H14NO.Ca.H3O4P.2H/c1-6(2,3)4-5-7;;1-5(2,3)4;;/h7H,4-5H2,1-3H3;;(H3,1,2,3,4);;/q+1;+2;;2*-1. The first-order valence-corrected chi connectivity index (χ1v) is 4.82. The summed E-state index contributed by atoms with van der Waals surface area (Å²) in [5.74, 6) is 0. The Balaban J connectivity index is -0.0000000383. The molecule has 0 aromatic rings. The summed E-state index contributed by atoms with van der Waals surface area (Å²) < 4.78 is 9.73. The van der Waals surface area contributed by atoms with Crippen molar-refractivity contribution in [1.82, 2.24) is 0 Å². The first-order chi connectivity index (χ1) is 5.06. The first kappa shape index (κ1) is 19.8. The minimum Gasteiger partial charge on any atom is -1.00 e. The molecule has 0 aromatic heterocycles. The van der Waals surface area contributed by atoms with Gasteiger partial charge in [-0.05, 0) is 0 Å². The van der Waals surface area contributed by atoms with Crippen molar-refractivity contribution in [2.45, 2.75) is 0 Å². The summed E-state index contributed by atoms with van der Waals surface area (Å²) in [7, 11) is 1.52. The summed E-state index contributed by atoms with van der Waals surface area (Å²) >= 11 is 0. The maximum Gasteiger partial charge on any atom is 2.00 e. The normalized spacial score (nSPS) is 11.0. The van der Waals surface area contributed by atoms with Crippen LogP contribution in [0.25, 0.3) is 0 Å². The van der Waals surface area contributed by atoms with Crippen LogP contribution in [0.4, 0.5) is 0 Å². The number of rotatable bonds is 2. The number of nitrogens with zero attached hydrogens (tertiary/aromatic N) is 1. The van der Waals surface area contributed by atoms with E-state index < -0.39 is 7.82 Å². The van der Waals surface area contributed by atoms with E-state index in [0.29, 0.717) is 0 Å². The van der Waals surface area contributed by atoms with Crippen LogP contribution in [0, 0.1) is 0 Å². The number of phosphoric acid groups is 1. The third kappa shape index (κ3) is 60.5. The van der Waals surface area contributed by atoms with Crippen molar-refractivity contribution in [2.75, 3.05) is 34.3 Å². The van der Waals surface area contributed by atoms with Crippen LogP contribution in [0.2, 0.25) is 0 Å². The van der Waals surface area contributed by atoms with Gasteiger partial charge in [0.25, 0.3) is 0 Å². The molecule has 0 aliphatic heterocycles. The number of quaternary nitrogens is 1. The van der Waals surface area contributed by atoms with Crippen molar-refractivity contribution in [2.24, 2.45) is 0 Å². The molecular formula is C5H19CaNO5P+. The average Bonchev–Trinajstić information content (AvgIpc) is 1.54. The Morgan fingerprint density at radius 1 is 1.23 bits per heavy atom. The topological polar surface area (TPSA) is 98.0 Å². The third-order valence-corrected chi connectivity index (χ3v) is 0.771. The zero-order valence-corrected chi connectivity index (χ0v) is 11.3. The summed E-state index contributed by atoms with van der Waals surface area (Å²) in [5.41, 5.74) is 0. The quantitative estimate of drug-likeness (QED) is 0.272. The van der Waals surface area contributed by atoms with Gasteiger partial charge in [-0.3, -0.25) is 0 Å². The molecule has 0 spiro atoms. The van der Waals surface area contributed by atoms with Gasteiger partial charge < -0.3 is 27.1 Å². The molecule has 0 saturated heterocycles. The largest absolute Gasteiger partial charge is 2.00 e. The van der Waals surface area contributed by atoms with Crippen LogP contribution in [0.15, 0.2) is 0 Å². The van der Waals surface area contributed by atoms with Crippen LogP contribution in [0.3, 0.4) is 0 Å². The Morgan fingerprint density at radius 2 is 1.46 bits per heavy atom. The molecule has 0 unspecified atom stereocenters. The van der Waals surface area contributed by atoms with Gasteiger partial charge in [0.1, 0.15) is 6.54 Å². The van der Waals surface area contributed by atoms with Gasteiger partial charge in [0.15, 0.2) is 0 Å².